The average molecular weight is 491 g/mol. The zero-order chi connectivity index (χ0) is 25.5. The van der Waals surface area contributed by atoms with Gasteiger partial charge in [-0.3, -0.25) is 19.5 Å². The Balaban J connectivity index is 1.99. The lowest BCUT2D eigenvalue weighted by Gasteiger charge is -2.26. The van der Waals surface area contributed by atoms with E-state index in [1.54, 1.807) is 54.9 Å². The number of carbonyl (C=O) groups excluding carboxylic acids is 2. The summed E-state index contributed by atoms with van der Waals surface area (Å²) in [5.41, 5.74) is 2.98. The second-order valence-corrected chi connectivity index (χ2v) is 9.96. The molecule has 0 bridgehead atoms. The van der Waals surface area contributed by atoms with Gasteiger partial charge in [-0.2, -0.15) is 0 Å². The summed E-state index contributed by atoms with van der Waals surface area (Å²) in [5.74, 6) is -1.44. The Bertz CT molecular complexity index is 1340. The van der Waals surface area contributed by atoms with Gasteiger partial charge in [0.05, 0.1) is 24.3 Å². The third-order valence-corrected chi connectivity index (χ3v) is 6.63. The molecule has 1 aliphatic heterocycles. The Labute approximate surface area is 209 Å². The van der Waals surface area contributed by atoms with Crippen LogP contribution in [0.3, 0.4) is 0 Å². The number of rotatable bonds is 4. The van der Waals surface area contributed by atoms with Crippen molar-refractivity contribution in [1.29, 1.82) is 0 Å². The lowest BCUT2D eigenvalue weighted by atomic mass is 9.85. The predicted molar refractivity (Wildman–Crippen MR) is 137 cm³/mol. The van der Waals surface area contributed by atoms with E-state index in [2.05, 4.69) is 25.8 Å². The second kappa shape index (κ2) is 9.19. The van der Waals surface area contributed by atoms with E-state index in [4.69, 9.17) is 16.3 Å². The van der Waals surface area contributed by atoms with E-state index in [9.17, 15) is 14.7 Å². The van der Waals surface area contributed by atoms with Crippen molar-refractivity contribution in [3.63, 3.8) is 0 Å². The van der Waals surface area contributed by atoms with Gasteiger partial charge in [-0.1, -0.05) is 44.5 Å². The first-order valence-corrected chi connectivity index (χ1v) is 11.6. The van der Waals surface area contributed by atoms with E-state index in [0.29, 0.717) is 27.6 Å². The van der Waals surface area contributed by atoms with Crippen LogP contribution in [-0.4, -0.2) is 28.9 Å². The molecule has 35 heavy (non-hydrogen) atoms. The molecule has 1 aromatic heterocycles. The van der Waals surface area contributed by atoms with Crippen molar-refractivity contribution in [2.24, 2.45) is 0 Å². The number of nitrogens with zero attached hydrogens (tertiary/aromatic N) is 2. The summed E-state index contributed by atoms with van der Waals surface area (Å²) < 4.78 is 5.51. The van der Waals surface area contributed by atoms with E-state index >= 15 is 0 Å². The normalized spacial score (nSPS) is 17.7. The van der Waals surface area contributed by atoms with Crippen LogP contribution >= 0.6 is 11.6 Å². The average Bonchev–Trinajstić information content (AvgIpc) is 3.10. The standard InChI is InChI=1S/C28H27ClN2O4/c1-16-6-8-19(15-21(16)29)31-24(17-10-12-30-13-11-17)23(26(33)27(31)34)25(32)20-14-18(28(2,3)4)7-9-22(20)35-5/h6-15,24,32H,1-5H3/b25-23+. The van der Waals surface area contributed by atoms with E-state index in [1.165, 1.54) is 12.0 Å². The number of hydrogen-bond donors (Lipinski definition) is 1. The monoisotopic (exact) mass is 490 g/mol. The Kier molecular flexibility index (Phi) is 6.43. The summed E-state index contributed by atoms with van der Waals surface area (Å²) >= 11 is 6.35. The number of ether oxygens (including phenoxy) is 1. The summed E-state index contributed by atoms with van der Waals surface area (Å²) in [4.78, 5) is 32.2. The summed E-state index contributed by atoms with van der Waals surface area (Å²) in [6, 6.07) is 13.2. The van der Waals surface area contributed by atoms with Crippen molar-refractivity contribution in [3.8, 4) is 5.75 Å². The van der Waals surface area contributed by atoms with Gasteiger partial charge in [0, 0.05) is 23.1 Å². The highest BCUT2D eigenvalue weighted by atomic mass is 35.5. The Morgan fingerprint density at radius 3 is 2.34 bits per heavy atom. The minimum absolute atomic E-state index is 0.0257. The Morgan fingerprint density at radius 1 is 1.06 bits per heavy atom. The van der Waals surface area contributed by atoms with Gasteiger partial charge in [0.15, 0.2) is 0 Å². The van der Waals surface area contributed by atoms with E-state index in [1.807, 2.05) is 13.0 Å². The van der Waals surface area contributed by atoms with Gasteiger partial charge in [0.2, 0.25) is 0 Å². The molecule has 2 heterocycles. The van der Waals surface area contributed by atoms with Gasteiger partial charge in [-0.05, 0) is 65.4 Å². The maximum Gasteiger partial charge on any atom is 0.300 e. The zero-order valence-electron chi connectivity index (χ0n) is 20.3. The van der Waals surface area contributed by atoms with Crippen LogP contribution in [0.4, 0.5) is 5.69 Å². The number of ketones is 1. The zero-order valence-corrected chi connectivity index (χ0v) is 21.1. The molecule has 1 N–H and O–H groups in total. The van der Waals surface area contributed by atoms with Crippen molar-refractivity contribution in [1.82, 2.24) is 4.98 Å². The topological polar surface area (TPSA) is 79.7 Å². The Morgan fingerprint density at radius 2 is 1.74 bits per heavy atom. The molecule has 1 saturated heterocycles. The summed E-state index contributed by atoms with van der Waals surface area (Å²) in [6.45, 7) is 8.01. The van der Waals surface area contributed by atoms with Crippen LogP contribution in [0.1, 0.15) is 49.1 Å². The van der Waals surface area contributed by atoms with E-state index < -0.39 is 17.7 Å². The van der Waals surface area contributed by atoms with E-state index in [-0.39, 0.29) is 16.7 Å². The molecule has 7 heteroatoms. The van der Waals surface area contributed by atoms with Crippen LogP contribution in [0, 0.1) is 6.92 Å². The first-order chi connectivity index (χ1) is 16.5. The van der Waals surface area contributed by atoms with Crippen molar-refractivity contribution >= 4 is 34.7 Å². The molecule has 0 saturated carbocycles. The Hall–Kier alpha value is -3.64. The minimum atomic E-state index is -0.875. The number of halogens is 1. The lowest BCUT2D eigenvalue weighted by Crippen LogP contribution is -2.29. The molecule has 1 fully saturated rings. The lowest BCUT2D eigenvalue weighted by molar-refractivity contribution is -0.132. The molecule has 1 atom stereocenters. The molecule has 2 aromatic carbocycles. The SMILES string of the molecule is COc1ccc(C(C)(C)C)cc1/C(O)=C1\C(=O)C(=O)N(c2ccc(C)c(Cl)c2)C1c1ccncc1. The molecule has 3 aromatic rings. The van der Waals surface area contributed by atoms with Gasteiger partial charge < -0.3 is 9.84 Å². The predicted octanol–water partition coefficient (Wildman–Crippen LogP) is 5.98. The van der Waals surface area contributed by atoms with Crippen LogP contribution in [-0.2, 0) is 15.0 Å². The van der Waals surface area contributed by atoms with Gasteiger partial charge >= 0.3 is 0 Å². The highest BCUT2D eigenvalue weighted by Gasteiger charge is 2.47. The minimum Gasteiger partial charge on any atom is -0.507 e. The number of methoxy groups -OCH3 is 1. The van der Waals surface area contributed by atoms with Gasteiger partial charge in [0.25, 0.3) is 11.7 Å². The molecule has 180 valence electrons. The largest absolute Gasteiger partial charge is 0.507 e. The first kappa shape index (κ1) is 24.5. The molecule has 1 aliphatic rings. The molecule has 0 spiro atoms. The number of aliphatic hydroxyl groups is 1. The highest BCUT2D eigenvalue weighted by molar-refractivity contribution is 6.52. The molecule has 0 aliphatic carbocycles. The molecular weight excluding hydrogens is 464 g/mol. The van der Waals surface area contributed by atoms with E-state index in [0.717, 1.165) is 11.1 Å². The second-order valence-electron chi connectivity index (χ2n) is 9.55. The molecule has 1 unspecified atom stereocenters. The number of hydrogen-bond acceptors (Lipinski definition) is 5. The van der Waals surface area contributed by atoms with Crippen LogP contribution < -0.4 is 9.64 Å². The highest BCUT2D eigenvalue weighted by Crippen LogP contribution is 2.44. The summed E-state index contributed by atoms with van der Waals surface area (Å²) in [7, 11) is 1.50. The van der Waals surface area contributed by atoms with Crippen LogP contribution in [0.2, 0.25) is 5.02 Å². The summed E-state index contributed by atoms with van der Waals surface area (Å²) in [6.07, 6.45) is 3.16. The van der Waals surface area contributed by atoms with Crippen molar-refractivity contribution < 1.29 is 19.4 Å². The number of benzene rings is 2. The number of aliphatic hydroxyl groups excluding tert-OH is 1. The van der Waals surface area contributed by atoms with Gasteiger partial charge in [-0.25, -0.2) is 0 Å². The number of pyridine rings is 1. The number of aryl methyl sites for hydroxylation is 1. The number of Topliss-reactive ketones (excluding diaryl/α,β-unsaturated/α-hetero) is 1. The third-order valence-electron chi connectivity index (χ3n) is 6.22. The van der Waals surface area contributed by atoms with Crippen LogP contribution in [0.25, 0.3) is 5.76 Å². The fourth-order valence-electron chi connectivity index (χ4n) is 4.20. The summed E-state index contributed by atoms with van der Waals surface area (Å²) in [5, 5.41) is 12.0. The van der Waals surface area contributed by atoms with Crippen molar-refractivity contribution in [3.05, 3.63) is 93.8 Å². The number of amides is 1. The molecule has 1 amide bonds. The van der Waals surface area contributed by atoms with Crippen molar-refractivity contribution in [2.75, 3.05) is 12.0 Å². The fraction of sp³-hybridized carbons (Fsp3) is 0.250. The maximum atomic E-state index is 13.4. The van der Waals surface area contributed by atoms with Gasteiger partial charge in [-0.15, -0.1) is 0 Å². The smallest absolute Gasteiger partial charge is 0.300 e. The van der Waals surface area contributed by atoms with Crippen LogP contribution in [0.15, 0.2) is 66.5 Å². The number of anilines is 1. The fourth-order valence-corrected chi connectivity index (χ4v) is 4.37. The maximum absolute atomic E-state index is 13.4. The van der Waals surface area contributed by atoms with Gasteiger partial charge in [0.1, 0.15) is 11.5 Å². The molecule has 4 rings (SSSR count). The molecule has 0 radical (unpaired) electrons. The van der Waals surface area contributed by atoms with Crippen molar-refractivity contribution in [2.45, 2.75) is 39.2 Å². The number of carbonyl (C=O) groups is 2. The molecule has 6 nitrogen and oxygen atoms in total. The third kappa shape index (κ3) is 4.42. The molecular formula is C28H27ClN2O4. The first-order valence-electron chi connectivity index (χ1n) is 11.2. The quantitative estimate of drug-likeness (QED) is 0.276. The van der Waals surface area contributed by atoms with Crippen LogP contribution in [0.5, 0.6) is 5.75 Å². The number of aromatic nitrogens is 1.